The van der Waals surface area contributed by atoms with E-state index in [9.17, 15) is 0 Å². The minimum absolute atomic E-state index is 0.0630. The Labute approximate surface area is 143 Å². The van der Waals surface area contributed by atoms with Crippen molar-refractivity contribution in [2.24, 2.45) is 0 Å². The maximum atomic E-state index is 6.60. The first-order chi connectivity index (χ1) is 11.8. The molecule has 0 amide bonds. The van der Waals surface area contributed by atoms with Crippen LogP contribution in [0.2, 0.25) is 0 Å². The van der Waals surface area contributed by atoms with Crippen molar-refractivity contribution >= 4 is 5.65 Å². The highest BCUT2D eigenvalue weighted by Crippen LogP contribution is 2.32. The van der Waals surface area contributed by atoms with Gasteiger partial charge < -0.3 is 9.14 Å². The summed E-state index contributed by atoms with van der Waals surface area (Å²) in [6.07, 6.45) is 10.6. The Morgan fingerprint density at radius 1 is 1.08 bits per heavy atom. The average molecular weight is 320 g/mol. The lowest BCUT2D eigenvalue weighted by molar-refractivity contribution is -0.0140. The van der Waals surface area contributed by atoms with E-state index < -0.39 is 0 Å². The molecule has 0 N–H and O–H groups in total. The van der Waals surface area contributed by atoms with E-state index in [0.717, 1.165) is 11.3 Å². The highest BCUT2D eigenvalue weighted by molar-refractivity contribution is 5.44. The van der Waals surface area contributed by atoms with Crippen LogP contribution in [0, 0.1) is 6.92 Å². The monoisotopic (exact) mass is 320 g/mol. The molecule has 3 nitrogen and oxygen atoms in total. The first-order valence-electron chi connectivity index (χ1n) is 8.95. The van der Waals surface area contributed by atoms with Gasteiger partial charge in [-0.05, 0) is 43.0 Å². The molecule has 1 aromatic carbocycles. The molecule has 4 rings (SSSR count). The Morgan fingerprint density at radius 3 is 2.67 bits per heavy atom. The zero-order valence-electron chi connectivity index (χ0n) is 14.2. The molecule has 2 heterocycles. The van der Waals surface area contributed by atoms with Crippen LogP contribution in [-0.2, 0) is 4.74 Å². The summed E-state index contributed by atoms with van der Waals surface area (Å²) >= 11 is 0. The van der Waals surface area contributed by atoms with Crippen molar-refractivity contribution in [3.8, 4) is 0 Å². The number of ether oxygens (including phenoxy) is 1. The molecule has 124 valence electrons. The van der Waals surface area contributed by atoms with Gasteiger partial charge in [-0.2, -0.15) is 0 Å². The Bertz CT molecular complexity index is 803. The van der Waals surface area contributed by atoms with Crippen LogP contribution in [0.5, 0.6) is 0 Å². The molecule has 1 saturated carbocycles. The minimum Gasteiger partial charge on any atom is -0.364 e. The van der Waals surface area contributed by atoms with E-state index in [1.165, 1.54) is 43.2 Å². The molecule has 3 heteroatoms. The Balaban J connectivity index is 1.73. The topological polar surface area (TPSA) is 26.5 Å². The van der Waals surface area contributed by atoms with Crippen molar-refractivity contribution in [1.82, 2.24) is 9.38 Å². The first-order valence-corrected chi connectivity index (χ1v) is 8.95. The number of fused-ring (bicyclic) bond motifs is 1. The number of aryl methyl sites for hydroxylation is 1. The van der Waals surface area contributed by atoms with Gasteiger partial charge >= 0.3 is 0 Å². The molecule has 0 bridgehead atoms. The summed E-state index contributed by atoms with van der Waals surface area (Å²) in [4.78, 5) is 4.60. The van der Waals surface area contributed by atoms with Crippen molar-refractivity contribution in [1.29, 1.82) is 0 Å². The highest BCUT2D eigenvalue weighted by atomic mass is 16.5. The number of imidazole rings is 1. The fourth-order valence-corrected chi connectivity index (χ4v) is 3.64. The number of aromatic nitrogens is 2. The van der Waals surface area contributed by atoms with E-state index in [0.29, 0.717) is 6.10 Å². The summed E-state index contributed by atoms with van der Waals surface area (Å²) in [5.41, 5.74) is 4.52. The molecule has 0 saturated heterocycles. The van der Waals surface area contributed by atoms with E-state index >= 15 is 0 Å². The lowest BCUT2D eigenvalue weighted by Crippen LogP contribution is -2.21. The van der Waals surface area contributed by atoms with Gasteiger partial charge in [0.1, 0.15) is 11.8 Å². The molecule has 0 aliphatic heterocycles. The van der Waals surface area contributed by atoms with Crippen LogP contribution in [-0.4, -0.2) is 15.5 Å². The van der Waals surface area contributed by atoms with Crippen LogP contribution in [0.15, 0.2) is 54.9 Å². The third-order valence-corrected chi connectivity index (χ3v) is 4.95. The molecule has 3 aromatic rings. The zero-order valence-corrected chi connectivity index (χ0v) is 14.2. The van der Waals surface area contributed by atoms with Gasteiger partial charge in [0.05, 0.1) is 18.0 Å². The Morgan fingerprint density at radius 2 is 1.88 bits per heavy atom. The van der Waals surface area contributed by atoms with Gasteiger partial charge in [0.15, 0.2) is 0 Å². The van der Waals surface area contributed by atoms with Crippen molar-refractivity contribution < 1.29 is 4.74 Å². The van der Waals surface area contributed by atoms with Crippen LogP contribution in [0.3, 0.4) is 0 Å². The van der Waals surface area contributed by atoms with Gasteiger partial charge in [-0.3, -0.25) is 0 Å². The molecule has 0 spiro atoms. The van der Waals surface area contributed by atoms with Crippen molar-refractivity contribution in [2.75, 3.05) is 0 Å². The van der Waals surface area contributed by atoms with Crippen molar-refractivity contribution in [3.05, 3.63) is 71.7 Å². The predicted octanol–water partition coefficient (Wildman–Crippen LogP) is 5.08. The Kier molecular flexibility index (Phi) is 4.35. The molecule has 1 aliphatic carbocycles. The number of benzene rings is 1. The second kappa shape index (κ2) is 6.78. The van der Waals surface area contributed by atoms with E-state index in [1.54, 1.807) is 0 Å². The maximum Gasteiger partial charge on any atom is 0.137 e. The van der Waals surface area contributed by atoms with Gasteiger partial charge in [0, 0.05) is 6.20 Å². The minimum atomic E-state index is -0.0630. The smallest absolute Gasteiger partial charge is 0.137 e. The van der Waals surface area contributed by atoms with Gasteiger partial charge in [-0.25, -0.2) is 4.98 Å². The summed E-state index contributed by atoms with van der Waals surface area (Å²) in [5.74, 6) is 0. The summed E-state index contributed by atoms with van der Waals surface area (Å²) in [7, 11) is 0. The number of hydrogen-bond acceptors (Lipinski definition) is 2. The Hall–Kier alpha value is -2.13. The van der Waals surface area contributed by atoms with Crippen LogP contribution in [0.25, 0.3) is 5.65 Å². The van der Waals surface area contributed by atoms with E-state index in [1.807, 2.05) is 6.20 Å². The van der Waals surface area contributed by atoms with Crippen molar-refractivity contribution in [2.45, 2.75) is 51.2 Å². The van der Waals surface area contributed by atoms with Gasteiger partial charge in [0.25, 0.3) is 0 Å². The van der Waals surface area contributed by atoms with Crippen LogP contribution in [0.1, 0.15) is 55.0 Å². The molecule has 0 radical (unpaired) electrons. The highest BCUT2D eigenvalue weighted by Gasteiger charge is 2.24. The molecule has 24 heavy (non-hydrogen) atoms. The predicted molar refractivity (Wildman–Crippen MR) is 96.2 cm³/mol. The molecular weight excluding hydrogens is 296 g/mol. The molecule has 1 unspecified atom stereocenters. The molecular formula is C21H24N2O. The lowest BCUT2D eigenvalue weighted by Gasteiger charge is -2.28. The summed E-state index contributed by atoms with van der Waals surface area (Å²) in [6.45, 7) is 2.10. The van der Waals surface area contributed by atoms with Crippen molar-refractivity contribution in [3.63, 3.8) is 0 Å². The second-order valence-corrected chi connectivity index (χ2v) is 6.80. The standard InChI is InChI=1S/C21H24N2O/c1-16-12-13-23-19(15-22-20(23)14-16)21(17-8-4-2-5-9-17)24-18-10-6-3-7-11-18/h2,4-5,8-9,12-15,18,21H,3,6-7,10-11H2,1H3. The second-order valence-electron chi connectivity index (χ2n) is 6.80. The zero-order chi connectivity index (χ0) is 16.4. The molecule has 1 atom stereocenters. The SMILES string of the molecule is Cc1ccn2c(C(OC3CCCCC3)c3ccccc3)cnc2c1. The van der Waals surface area contributed by atoms with Gasteiger partial charge in [-0.15, -0.1) is 0 Å². The van der Waals surface area contributed by atoms with E-state index in [2.05, 4.69) is 65.0 Å². The third kappa shape index (κ3) is 3.09. The normalized spacial score (nSPS) is 17.2. The number of pyridine rings is 1. The van der Waals surface area contributed by atoms with Crippen LogP contribution < -0.4 is 0 Å². The average Bonchev–Trinajstić information content (AvgIpc) is 3.04. The summed E-state index contributed by atoms with van der Waals surface area (Å²) in [5, 5.41) is 0. The largest absolute Gasteiger partial charge is 0.364 e. The van der Waals surface area contributed by atoms with Gasteiger partial charge in [-0.1, -0.05) is 49.6 Å². The number of hydrogen-bond donors (Lipinski definition) is 0. The maximum absolute atomic E-state index is 6.60. The molecule has 1 fully saturated rings. The third-order valence-electron chi connectivity index (χ3n) is 4.95. The summed E-state index contributed by atoms with van der Waals surface area (Å²) < 4.78 is 8.76. The molecule has 1 aliphatic rings. The lowest BCUT2D eigenvalue weighted by atomic mass is 9.97. The van der Waals surface area contributed by atoms with Crippen LogP contribution in [0.4, 0.5) is 0 Å². The fraction of sp³-hybridized carbons (Fsp3) is 0.381. The summed E-state index contributed by atoms with van der Waals surface area (Å²) in [6, 6.07) is 14.8. The fourth-order valence-electron chi connectivity index (χ4n) is 3.64. The van der Waals surface area contributed by atoms with Crippen LogP contribution >= 0.6 is 0 Å². The van der Waals surface area contributed by atoms with E-state index in [4.69, 9.17) is 4.74 Å². The number of rotatable bonds is 4. The number of nitrogens with zero attached hydrogens (tertiary/aromatic N) is 2. The first kappa shape index (κ1) is 15.4. The van der Waals surface area contributed by atoms with Gasteiger partial charge in [0.2, 0.25) is 0 Å². The molecule has 2 aromatic heterocycles. The quantitative estimate of drug-likeness (QED) is 0.670. The van der Waals surface area contributed by atoms with E-state index in [-0.39, 0.29) is 6.10 Å².